The van der Waals surface area contributed by atoms with E-state index in [1.54, 1.807) is 0 Å². The molecule has 100 valence electrons. The van der Waals surface area contributed by atoms with Gasteiger partial charge in [-0.3, -0.25) is 0 Å². The van der Waals surface area contributed by atoms with Crippen LogP contribution < -0.4 is 0 Å². The van der Waals surface area contributed by atoms with Crippen molar-refractivity contribution in [1.82, 2.24) is 4.90 Å². The Kier molecular flexibility index (Phi) is 2.88. The van der Waals surface area contributed by atoms with Crippen LogP contribution in [0.15, 0.2) is 58.0 Å². The van der Waals surface area contributed by atoms with E-state index in [4.69, 9.17) is 4.99 Å². The maximum Gasteiger partial charge on any atom is 0.113 e. The van der Waals surface area contributed by atoms with Gasteiger partial charge in [0.25, 0.3) is 0 Å². The SMILES string of the molecule is Brc1ccc2c(c1)CN1CC[C@@H](c3ccccc3)C1=N2. The van der Waals surface area contributed by atoms with Crippen molar-refractivity contribution in [3.63, 3.8) is 0 Å². The monoisotopic (exact) mass is 326 g/mol. The lowest BCUT2D eigenvalue weighted by atomic mass is 9.97. The number of halogens is 1. The summed E-state index contributed by atoms with van der Waals surface area (Å²) in [4.78, 5) is 7.35. The van der Waals surface area contributed by atoms with Gasteiger partial charge in [0.15, 0.2) is 0 Å². The van der Waals surface area contributed by atoms with Gasteiger partial charge in [-0.2, -0.15) is 0 Å². The van der Waals surface area contributed by atoms with E-state index in [-0.39, 0.29) is 0 Å². The molecule has 2 aromatic rings. The highest BCUT2D eigenvalue weighted by Crippen LogP contribution is 2.37. The fraction of sp³-hybridized carbons (Fsp3) is 0.235. The van der Waals surface area contributed by atoms with E-state index >= 15 is 0 Å². The molecule has 4 rings (SSSR count). The van der Waals surface area contributed by atoms with E-state index < -0.39 is 0 Å². The second kappa shape index (κ2) is 4.74. The third-order valence-corrected chi connectivity index (χ3v) is 4.66. The van der Waals surface area contributed by atoms with Gasteiger partial charge in [-0.15, -0.1) is 0 Å². The minimum absolute atomic E-state index is 0.452. The van der Waals surface area contributed by atoms with Crippen molar-refractivity contribution in [2.75, 3.05) is 6.54 Å². The predicted octanol–water partition coefficient (Wildman–Crippen LogP) is 4.48. The summed E-state index contributed by atoms with van der Waals surface area (Å²) in [6.45, 7) is 2.08. The van der Waals surface area contributed by atoms with E-state index in [0.717, 1.165) is 29.7 Å². The van der Waals surface area contributed by atoms with Gasteiger partial charge in [0.05, 0.1) is 5.69 Å². The van der Waals surface area contributed by atoms with Gasteiger partial charge in [-0.25, -0.2) is 4.99 Å². The first-order valence-electron chi connectivity index (χ1n) is 6.98. The van der Waals surface area contributed by atoms with Crippen molar-refractivity contribution in [3.8, 4) is 0 Å². The Morgan fingerprint density at radius 3 is 2.80 bits per heavy atom. The van der Waals surface area contributed by atoms with Gasteiger partial charge in [0.2, 0.25) is 0 Å². The Labute approximate surface area is 127 Å². The standard InChI is InChI=1S/C17H15BrN2/c18-14-6-7-16-13(10-14)11-20-9-8-15(17(20)19-16)12-4-2-1-3-5-12/h1-7,10,15H,8-9,11H2/t15-/m0/s1. The fourth-order valence-electron chi connectivity index (χ4n) is 3.18. The predicted molar refractivity (Wildman–Crippen MR) is 85.4 cm³/mol. The molecule has 2 aliphatic heterocycles. The molecule has 2 aliphatic rings. The fourth-order valence-corrected chi connectivity index (χ4v) is 3.59. The molecule has 2 aromatic carbocycles. The number of benzene rings is 2. The van der Waals surface area contributed by atoms with Crippen LogP contribution in [0.3, 0.4) is 0 Å². The number of rotatable bonds is 1. The Morgan fingerprint density at radius 1 is 1.10 bits per heavy atom. The molecule has 0 N–H and O–H groups in total. The summed E-state index contributed by atoms with van der Waals surface area (Å²) in [6.07, 6.45) is 1.16. The second-order valence-electron chi connectivity index (χ2n) is 5.42. The number of nitrogens with zero attached hydrogens (tertiary/aromatic N) is 2. The Hall–Kier alpha value is -1.61. The van der Waals surface area contributed by atoms with E-state index in [1.807, 2.05) is 0 Å². The van der Waals surface area contributed by atoms with E-state index in [9.17, 15) is 0 Å². The van der Waals surface area contributed by atoms with Crippen LogP contribution in [0.25, 0.3) is 0 Å². The summed E-state index contributed by atoms with van der Waals surface area (Å²) in [7, 11) is 0. The molecule has 0 saturated carbocycles. The molecular weight excluding hydrogens is 312 g/mol. The lowest BCUT2D eigenvalue weighted by molar-refractivity contribution is 0.443. The highest BCUT2D eigenvalue weighted by atomic mass is 79.9. The van der Waals surface area contributed by atoms with Crippen molar-refractivity contribution in [1.29, 1.82) is 0 Å². The Balaban J connectivity index is 1.76. The quantitative estimate of drug-likeness (QED) is 0.754. The zero-order valence-corrected chi connectivity index (χ0v) is 12.7. The zero-order valence-electron chi connectivity index (χ0n) is 11.1. The summed E-state index contributed by atoms with van der Waals surface area (Å²) >= 11 is 3.54. The highest BCUT2D eigenvalue weighted by Gasteiger charge is 2.33. The van der Waals surface area contributed by atoms with Crippen LogP contribution in [0.1, 0.15) is 23.5 Å². The number of amidine groups is 1. The van der Waals surface area contributed by atoms with Crippen LogP contribution in [-0.2, 0) is 6.54 Å². The van der Waals surface area contributed by atoms with Gasteiger partial charge >= 0.3 is 0 Å². The molecule has 0 unspecified atom stereocenters. The molecule has 0 aliphatic carbocycles. The molecule has 0 amide bonds. The molecule has 0 aromatic heterocycles. The summed E-state index contributed by atoms with van der Waals surface area (Å²) in [6, 6.07) is 17.1. The smallest absolute Gasteiger partial charge is 0.113 e. The first-order valence-corrected chi connectivity index (χ1v) is 7.77. The zero-order chi connectivity index (χ0) is 13.5. The van der Waals surface area contributed by atoms with E-state index in [0.29, 0.717) is 5.92 Å². The summed E-state index contributed by atoms with van der Waals surface area (Å²) in [5, 5.41) is 0. The van der Waals surface area contributed by atoms with Crippen molar-refractivity contribution < 1.29 is 0 Å². The van der Waals surface area contributed by atoms with Crippen molar-refractivity contribution >= 4 is 27.5 Å². The minimum atomic E-state index is 0.452. The molecule has 2 nitrogen and oxygen atoms in total. The first kappa shape index (κ1) is 12.2. The molecule has 1 atom stereocenters. The maximum atomic E-state index is 4.93. The van der Waals surface area contributed by atoms with Crippen LogP contribution >= 0.6 is 15.9 Å². The lowest BCUT2D eigenvalue weighted by Gasteiger charge is -2.26. The van der Waals surface area contributed by atoms with Crippen molar-refractivity contribution in [3.05, 3.63) is 64.1 Å². The average molecular weight is 327 g/mol. The van der Waals surface area contributed by atoms with Gasteiger partial charge < -0.3 is 4.90 Å². The van der Waals surface area contributed by atoms with Crippen molar-refractivity contribution in [2.24, 2.45) is 4.99 Å². The molecule has 1 fully saturated rings. The molecule has 3 heteroatoms. The van der Waals surface area contributed by atoms with E-state index in [1.165, 1.54) is 17.0 Å². The lowest BCUT2D eigenvalue weighted by Crippen LogP contribution is -2.29. The van der Waals surface area contributed by atoms with Crippen LogP contribution in [0.2, 0.25) is 0 Å². The van der Waals surface area contributed by atoms with Gasteiger partial charge in [-0.05, 0) is 35.7 Å². The Bertz CT molecular complexity index is 679. The average Bonchev–Trinajstić information content (AvgIpc) is 2.88. The van der Waals surface area contributed by atoms with Crippen LogP contribution in [-0.4, -0.2) is 17.3 Å². The normalized spacial score (nSPS) is 20.4. The number of fused-ring (bicyclic) bond motifs is 2. The summed E-state index contributed by atoms with van der Waals surface area (Å²) < 4.78 is 1.13. The summed E-state index contributed by atoms with van der Waals surface area (Å²) in [5.74, 6) is 1.69. The number of hydrogen-bond donors (Lipinski definition) is 0. The molecule has 0 bridgehead atoms. The molecule has 20 heavy (non-hydrogen) atoms. The van der Waals surface area contributed by atoms with Crippen LogP contribution in [0.5, 0.6) is 0 Å². The minimum Gasteiger partial charge on any atom is -0.355 e. The molecule has 0 spiro atoms. The highest BCUT2D eigenvalue weighted by molar-refractivity contribution is 9.10. The maximum absolute atomic E-state index is 4.93. The molecule has 0 radical (unpaired) electrons. The van der Waals surface area contributed by atoms with Gasteiger partial charge in [-0.1, -0.05) is 46.3 Å². The molecule has 1 saturated heterocycles. The van der Waals surface area contributed by atoms with Gasteiger partial charge in [0.1, 0.15) is 5.84 Å². The largest absolute Gasteiger partial charge is 0.355 e. The van der Waals surface area contributed by atoms with E-state index in [2.05, 4.69) is 69.4 Å². The summed E-state index contributed by atoms with van der Waals surface area (Å²) in [5.41, 5.74) is 3.83. The van der Waals surface area contributed by atoms with Crippen LogP contribution in [0, 0.1) is 0 Å². The topological polar surface area (TPSA) is 15.6 Å². The second-order valence-corrected chi connectivity index (χ2v) is 6.33. The molecular formula is C17H15BrN2. The third-order valence-electron chi connectivity index (χ3n) is 4.16. The van der Waals surface area contributed by atoms with Crippen LogP contribution in [0.4, 0.5) is 5.69 Å². The Morgan fingerprint density at radius 2 is 1.95 bits per heavy atom. The van der Waals surface area contributed by atoms with Gasteiger partial charge in [0, 0.05) is 23.5 Å². The third kappa shape index (κ3) is 1.97. The first-order chi connectivity index (χ1) is 9.81. The number of hydrogen-bond acceptors (Lipinski definition) is 2. The number of aliphatic imine (C=N–C) groups is 1. The van der Waals surface area contributed by atoms with Crippen molar-refractivity contribution in [2.45, 2.75) is 18.9 Å². The molecule has 2 heterocycles.